The number of esters is 1. The zero-order valence-corrected chi connectivity index (χ0v) is 14.7. The quantitative estimate of drug-likeness (QED) is 0.746. The molecule has 1 aromatic carbocycles. The summed E-state index contributed by atoms with van der Waals surface area (Å²) in [5, 5.41) is 0. The van der Waals surface area contributed by atoms with Gasteiger partial charge in [0.1, 0.15) is 5.82 Å². The molecule has 6 nitrogen and oxygen atoms in total. The van der Waals surface area contributed by atoms with Crippen molar-refractivity contribution in [3.63, 3.8) is 0 Å². The van der Waals surface area contributed by atoms with Gasteiger partial charge in [0, 0.05) is 25.2 Å². The summed E-state index contributed by atoms with van der Waals surface area (Å²) < 4.78 is 7.73. The van der Waals surface area contributed by atoms with Crippen molar-refractivity contribution in [2.75, 3.05) is 6.54 Å². The van der Waals surface area contributed by atoms with Crippen LogP contribution < -0.4 is 0 Å². The molecule has 2 aromatic rings. The van der Waals surface area contributed by atoms with Crippen LogP contribution >= 0.6 is 0 Å². The van der Waals surface area contributed by atoms with Crippen LogP contribution in [-0.4, -0.2) is 38.5 Å². The van der Waals surface area contributed by atoms with Gasteiger partial charge in [-0.1, -0.05) is 18.2 Å². The summed E-state index contributed by atoms with van der Waals surface area (Å²) in [7, 11) is 0. The Hall–Kier alpha value is -2.63. The highest BCUT2D eigenvalue weighted by Gasteiger charge is 2.45. The van der Waals surface area contributed by atoms with Gasteiger partial charge in [0.05, 0.1) is 17.8 Å². The molecule has 25 heavy (non-hydrogen) atoms. The molecule has 0 saturated carbocycles. The van der Waals surface area contributed by atoms with Crippen molar-refractivity contribution in [2.24, 2.45) is 0 Å². The van der Waals surface area contributed by atoms with Gasteiger partial charge in [0.25, 0.3) is 5.91 Å². The lowest BCUT2D eigenvalue weighted by atomic mass is 9.89. The van der Waals surface area contributed by atoms with Crippen LogP contribution in [-0.2, 0) is 29.0 Å². The highest BCUT2D eigenvalue weighted by Crippen LogP contribution is 2.31. The molecule has 1 aromatic heterocycles. The topological polar surface area (TPSA) is 64.4 Å². The second-order valence-corrected chi connectivity index (χ2v) is 7.03. The number of imidazole rings is 1. The van der Waals surface area contributed by atoms with Crippen molar-refractivity contribution in [1.29, 1.82) is 0 Å². The summed E-state index contributed by atoms with van der Waals surface area (Å²) in [6.45, 7) is 7.49. The van der Waals surface area contributed by atoms with Gasteiger partial charge < -0.3 is 14.2 Å². The number of aryl methyl sites for hydroxylation is 1. The minimum absolute atomic E-state index is 0.153. The molecule has 2 aliphatic heterocycles. The molecule has 0 aliphatic carbocycles. The SMILES string of the molecule is Cc1nc2n(c1C)CCN(C(=O)C1(C)Cc3ccccc3C(=O)O1)C2. The van der Waals surface area contributed by atoms with E-state index in [1.165, 1.54) is 0 Å². The molecule has 1 atom stereocenters. The first-order chi connectivity index (χ1) is 11.9. The summed E-state index contributed by atoms with van der Waals surface area (Å²) in [6, 6.07) is 7.31. The van der Waals surface area contributed by atoms with Crippen molar-refractivity contribution in [2.45, 2.75) is 45.9 Å². The first kappa shape index (κ1) is 15.9. The van der Waals surface area contributed by atoms with Crippen molar-refractivity contribution < 1.29 is 14.3 Å². The Kier molecular flexibility index (Phi) is 3.45. The van der Waals surface area contributed by atoms with E-state index >= 15 is 0 Å². The van der Waals surface area contributed by atoms with E-state index in [2.05, 4.69) is 9.55 Å². The second-order valence-electron chi connectivity index (χ2n) is 7.03. The molecule has 130 valence electrons. The minimum atomic E-state index is -1.16. The third-order valence-electron chi connectivity index (χ3n) is 5.29. The van der Waals surface area contributed by atoms with Crippen LogP contribution in [0.3, 0.4) is 0 Å². The number of carbonyl (C=O) groups is 2. The molecule has 0 saturated heterocycles. The van der Waals surface area contributed by atoms with E-state index in [1.807, 2.05) is 26.0 Å². The lowest BCUT2D eigenvalue weighted by Crippen LogP contribution is -2.54. The highest BCUT2D eigenvalue weighted by atomic mass is 16.6. The fourth-order valence-corrected chi connectivity index (χ4v) is 3.77. The van der Waals surface area contributed by atoms with Crippen molar-refractivity contribution >= 4 is 11.9 Å². The fourth-order valence-electron chi connectivity index (χ4n) is 3.77. The molecule has 0 fully saturated rings. The second kappa shape index (κ2) is 5.44. The Labute approximate surface area is 146 Å². The van der Waals surface area contributed by atoms with Crippen molar-refractivity contribution in [3.05, 3.63) is 52.6 Å². The van der Waals surface area contributed by atoms with Gasteiger partial charge in [0.15, 0.2) is 5.60 Å². The Bertz CT molecular complexity index is 886. The maximum Gasteiger partial charge on any atom is 0.339 e. The summed E-state index contributed by atoms with van der Waals surface area (Å²) in [4.78, 5) is 31.8. The fraction of sp³-hybridized carbons (Fsp3) is 0.421. The standard InChI is InChI=1S/C19H21N3O3/c1-12-13(2)22-9-8-21(11-16(22)20-12)18(24)19(3)10-14-6-4-5-7-15(14)17(23)25-19/h4-7H,8-11H2,1-3H3. The number of fused-ring (bicyclic) bond motifs is 2. The molecule has 3 heterocycles. The maximum absolute atomic E-state index is 13.1. The van der Waals surface area contributed by atoms with Gasteiger partial charge in [-0.2, -0.15) is 0 Å². The molecule has 1 unspecified atom stereocenters. The van der Waals surface area contributed by atoms with E-state index in [-0.39, 0.29) is 5.91 Å². The number of hydrogen-bond acceptors (Lipinski definition) is 4. The van der Waals surface area contributed by atoms with Gasteiger partial charge in [0.2, 0.25) is 0 Å². The first-order valence-electron chi connectivity index (χ1n) is 8.52. The molecule has 4 rings (SSSR count). The predicted molar refractivity (Wildman–Crippen MR) is 91.1 cm³/mol. The van der Waals surface area contributed by atoms with Gasteiger partial charge in [-0.15, -0.1) is 0 Å². The summed E-state index contributed by atoms with van der Waals surface area (Å²) in [5.74, 6) is 0.309. The molecule has 0 bridgehead atoms. The first-order valence-corrected chi connectivity index (χ1v) is 8.52. The molecule has 0 N–H and O–H groups in total. The van der Waals surface area contributed by atoms with Gasteiger partial charge in [-0.3, -0.25) is 4.79 Å². The number of ether oxygens (including phenoxy) is 1. The number of benzene rings is 1. The zero-order chi connectivity index (χ0) is 17.8. The highest BCUT2D eigenvalue weighted by molar-refractivity contribution is 5.97. The van der Waals surface area contributed by atoms with Crippen molar-refractivity contribution in [1.82, 2.24) is 14.5 Å². The molecule has 1 amide bonds. The predicted octanol–water partition coefficient (Wildman–Crippen LogP) is 2.01. The Morgan fingerprint density at radius 3 is 2.80 bits per heavy atom. The van der Waals surface area contributed by atoms with Crippen LogP contribution in [0, 0.1) is 13.8 Å². The Morgan fingerprint density at radius 1 is 1.24 bits per heavy atom. The lowest BCUT2D eigenvalue weighted by Gasteiger charge is -2.38. The minimum Gasteiger partial charge on any atom is -0.445 e. The monoisotopic (exact) mass is 339 g/mol. The van der Waals surface area contributed by atoms with E-state index in [0.29, 0.717) is 31.6 Å². The number of cyclic esters (lactones) is 1. The number of carbonyl (C=O) groups excluding carboxylic acids is 2. The van der Waals surface area contributed by atoms with E-state index in [9.17, 15) is 9.59 Å². The molecular formula is C19H21N3O3. The van der Waals surface area contributed by atoms with E-state index in [4.69, 9.17) is 4.74 Å². The number of rotatable bonds is 1. The van der Waals surface area contributed by atoms with Crippen LogP contribution in [0.1, 0.15) is 40.1 Å². The van der Waals surface area contributed by atoms with Gasteiger partial charge in [-0.05, 0) is 32.4 Å². The molecular weight excluding hydrogens is 318 g/mol. The smallest absolute Gasteiger partial charge is 0.339 e. The lowest BCUT2D eigenvalue weighted by molar-refractivity contribution is -0.152. The number of aromatic nitrogens is 2. The summed E-state index contributed by atoms with van der Waals surface area (Å²) in [5.41, 5.74) is 2.39. The summed E-state index contributed by atoms with van der Waals surface area (Å²) in [6.07, 6.45) is 0.400. The largest absolute Gasteiger partial charge is 0.445 e. The third-order valence-corrected chi connectivity index (χ3v) is 5.29. The normalized spacial score (nSPS) is 22.2. The third kappa shape index (κ3) is 2.44. The average Bonchev–Trinajstić information content (AvgIpc) is 2.88. The van der Waals surface area contributed by atoms with Gasteiger partial charge >= 0.3 is 5.97 Å². The van der Waals surface area contributed by atoms with Crippen LogP contribution in [0.2, 0.25) is 0 Å². The number of nitrogens with zero attached hydrogens (tertiary/aromatic N) is 3. The Balaban J connectivity index is 1.60. The molecule has 0 spiro atoms. The summed E-state index contributed by atoms with van der Waals surface area (Å²) >= 11 is 0. The van der Waals surface area contributed by atoms with Crippen LogP contribution in [0.25, 0.3) is 0 Å². The zero-order valence-electron chi connectivity index (χ0n) is 14.7. The van der Waals surface area contributed by atoms with Gasteiger partial charge in [-0.25, -0.2) is 9.78 Å². The van der Waals surface area contributed by atoms with E-state index < -0.39 is 11.6 Å². The Morgan fingerprint density at radius 2 is 2.00 bits per heavy atom. The van der Waals surface area contributed by atoms with Crippen LogP contribution in [0.15, 0.2) is 24.3 Å². The van der Waals surface area contributed by atoms with E-state index in [1.54, 1.807) is 24.0 Å². The maximum atomic E-state index is 13.1. The van der Waals surface area contributed by atoms with Crippen molar-refractivity contribution in [3.8, 4) is 0 Å². The van der Waals surface area contributed by atoms with Crippen LogP contribution in [0.5, 0.6) is 0 Å². The van der Waals surface area contributed by atoms with Crippen LogP contribution in [0.4, 0.5) is 0 Å². The van der Waals surface area contributed by atoms with E-state index in [0.717, 1.165) is 22.8 Å². The average molecular weight is 339 g/mol. The number of hydrogen-bond donors (Lipinski definition) is 0. The number of amides is 1. The molecule has 6 heteroatoms. The molecule has 0 radical (unpaired) electrons. The molecule has 2 aliphatic rings.